The van der Waals surface area contributed by atoms with Crippen LogP contribution in [-0.2, 0) is 16.6 Å². The number of benzene rings is 1. The van der Waals surface area contributed by atoms with Crippen molar-refractivity contribution in [3.05, 3.63) is 29.8 Å². The van der Waals surface area contributed by atoms with Crippen molar-refractivity contribution >= 4 is 16.0 Å². The van der Waals surface area contributed by atoms with Gasteiger partial charge in [0.1, 0.15) is 0 Å². The van der Waals surface area contributed by atoms with E-state index in [1.165, 1.54) is 12.8 Å². The summed E-state index contributed by atoms with van der Waals surface area (Å²) in [5, 5.41) is 3.43. The van der Waals surface area contributed by atoms with Crippen molar-refractivity contribution in [2.24, 2.45) is 16.8 Å². The summed E-state index contributed by atoms with van der Waals surface area (Å²) in [4.78, 5) is 7.16. The lowest BCUT2D eigenvalue weighted by Gasteiger charge is -2.22. The molecule has 3 rings (SSSR count). The van der Waals surface area contributed by atoms with E-state index >= 15 is 0 Å². The smallest absolute Gasteiger partial charge is 0.243 e. The van der Waals surface area contributed by atoms with Gasteiger partial charge in [0.15, 0.2) is 5.96 Å². The number of rotatable bonds is 6. The molecule has 0 aromatic heterocycles. The normalized spacial score (nSPS) is 21.6. The van der Waals surface area contributed by atoms with E-state index in [0.29, 0.717) is 24.5 Å². The van der Waals surface area contributed by atoms with Crippen LogP contribution >= 0.6 is 0 Å². The van der Waals surface area contributed by atoms with Gasteiger partial charge in [-0.25, -0.2) is 8.42 Å². The second-order valence-electron chi connectivity index (χ2n) is 8.39. The van der Waals surface area contributed by atoms with Crippen molar-refractivity contribution in [1.82, 2.24) is 14.5 Å². The third-order valence-electron chi connectivity index (χ3n) is 5.68. The summed E-state index contributed by atoms with van der Waals surface area (Å²) < 4.78 is 26.8. The second kappa shape index (κ2) is 9.27. The first-order chi connectivity index (χ1) is 13.4. The molecule has 1 N–H and O–H groups in total. The summed E-state index contributed by atoms with van der Waals surface area (Å²) in [6.45, 7) is 8.58. The molecular weight excluding hydrogens is 372 g/mol. The van der Waals surface area contributed by atoms with E-state index in [-0.39, 0.29) is 0 Å². The Balaban J connectivity index is 1.55. The fourth-order valence-electron chi connectivity index (χ4n) is 4.25. The minimum absolute atomic E-state index is 0.388. The zero-order valence-electron chi connectivity index (χ0n) is 17.4. The standard InChI is InChI=1S/C21H34N4O2S/c1-17(2)14-19-10-13-24(16-19)21(22-3)23-15-18-6-8-20(9-7-18)28(26,27)25-11-4-5-12-25/h6-9,17,19H,4-5,10-16H2,1-3H3,(H,22,23). The summed E-state index contributed by atoms with van der Waals surface area (Å²) >= 11 is 0. The third-order valence-corrected chi connectivity index (χ3v) is 7.59. The molecule has 0 spiro atoms. The molecule has 2 aliphatic rings. The summed E-state index contributed by atoms with van der Waals surface area (Å²) in [5.74, 6) is 2.41. The topological polar surface area (TPSA) is 65.0 Å². The molecule has 0 aliphatic carbocycles. The summed E-state index contributed by atoms with van der Waals surface area (Å²) in [6.07, 6.45) is 4.40. The fourth-order valence-corrected chi connectivity index (χ4v) is 5.77. The SMILES string of the molecule is CN=C(NCc1ccc(S(=O)(=O)N2CCCC2)cc1)N1CCC(CC(C)C)C1. The Kier molecular flexibility index (Phi) is 6.99. The van der Waals surface area contributed by atoms with Gasteiger partial charge in [0.2, 0.25) is 10.0 Å². The molecule has 2 saturated heterocycles. The lowest BCUT2D eigenvalue weighted by Crippen LogP contribution is -2.39. The van der Waals surface area contributed by atoms with Crippen LogP contribution in [0.25, 0.3) is 0 Å². The predicted molar refractivity (Wildman–Crippen MR) is 114 cm³/mol. The van der Waals surface area contributed by atoms with Crippen LogP contribution in [0.15, 0.2) is 34.2 Å². The zero-order chi connectivity index (χ0) is 20.1. The van der Waals surface area contributed by atoms with Crippen LogP contribution in [0.5, 0.6) is 0 Å². The Hall–Kier alpha value is -1.60. The number of hydrogen-bond acceptors (Lipinski definition) is 3. The lowest BCUT2D eigenvalue weighted by molar-refractivity contribution is 0.403. The molecule has 1 unspecified atom stereocenters. The molecule has 2 aliphatic heterocycles. The molecule has 0 amide bonds. The molecule has 2 heterocycles. The van der Waals surface area contributed by atoms with E-state index in [4.69, 9.17) is 0 Å². The number of guanidine groups is 1. The molecule has 1 aromatic rings. The fraction of sp³-hybridized carbons (Fsp3) is 0.667. The highest BCUT2D eigenvalue weighted by Gasteiger charge is 2.27. The Morgan fingerprint density at radius 1 is 1.18 bits per heavy atom. The van der Waals surface area contributed by atoms with Gasteiger partial charge >= 0.3 is 0 Å². The number of likely N-dealkylation sites (tertiary alicyclic amines) is 1. The van der Waals surface area contributed by atoms with E-state index in [9.17, 15) is 8.42 Å². The van der Waals surface area contributed by atoms with Crippen molar-refractivity contribution in [3.63, 3.8) is 0 Å². The Morgan fingerprint density at radius 3 is 2.46 bits per heavy atom. The minimum Gasteiger partial charge on any atom is -0.352 e. The number of nitrogens with zero attached hydrogens (tertiary/aromatic N) is 3. The Bertz CT molecular complexity index is 768. The first-order valence-electron chi connectivity index (χ1n) is 10.4. The quantitative estimate of drug-likeness (QED) is 0.583. The van der Waals surface area contributed by atoms with Crippen LogP contribution in [0.1, 0.15) is 45.1 Å². The maximum absolute atomic E-state index is 12.6. The van der Waals surface area contributed by atoms with Gasteiger partial charge in [0.05, 0.1) is 4.90 Å². The van der Waals surface area contributed by atoms with Crippen molar-refractivity contribution in [3.8, 4) is 0 Å². The van der Waals surface area contributed by atoms with Gasteiger partial charge in [-0.05, 0) is 55.2 Å². The number of nitrogens with one attached hydrogen (secondary N) is 1. The predicted octanol–water partition coefficient (Wildman–Crippen LogP) is 2.91. The molecule has 1 aromatic carbocycles. The van der Waals surface area contributed by atoms with Crippen molar-refractivity contribution < 1.29 is 8.42 Å². The number of hydrogen-bond donors (Lipinski definition) is 1. The molecule has 0 bridgehead atoms. The van der Waals surface area contributed by atoms with Gasteiger partial charge in [-0.2, -0.15) is 4.31 Å². The molecule has 156 valence electrons. The van der Waals surface area contributed by atoms with E-state index in [0.717, 1.165) is 49.3 Å². The van der Waals surface area contributed by atoms with E-state index < -0.39 is 10.0 Å². The van der Waals surface area contributed by atoms with Crippen molar-refractivity contribution in [2.45, 2.75) is 51.0 Å². The van der Waals surface area contributed by atoms with E-state index in [1.54, 1.807) is 16.4 Å². The second-order valence-corrected chi connectivity index (χ2v) is 10.3. The minimum atomic E-state index is -3.34. The zero-order valence-corrected chi connectivity index (χ0v) is 18.2. The highest BCUT2D eigenvalue weighted by molar-refractivity contribution is 7.89. The first-order valence-corrected chi connectivity index (χ1v) is 11.9. The summed E-state index contributed by atoms with van der Waals surface area (Å²) in [5.41, 5.74) is 1.06. The van der Waals surface area contributed by atoms with Gasteiger partial charge in [0.25, 0.3) is 0 Å². The van der Waals surface area contributed by atoms with Crippen LogP contribution < -0.4 is 5.32 Å². The van der Waals surface area contributed by atoms with Gasteiger partial charge < -0.3 is 10.2 Å². The van der Waals surface area contributed by atoms with E-state index in [1.807, 2.05) is 19.2 Å². The van der Waals surface area contributed by atoms with Gasteiger partial charge in [-0.15, -0.1) is 0 Å². The Morgan fingerprint density at radius 2 is 1.86 bits per heavy atom. The molecular formula is C21H34N4O2S. The summed E-state index contributed by atoms with van der Waals surface area (Å²) in [7, 11) is -1.52. The van der Waals surface area contributed by atoms with Gasteiger partial charge in [-0.1, -0.05) is 26.0 Å². The molecule has 7 heteroatoms. The molecule has 28 heavy (non-hydrogen) atoms. The highest BCUT2D eigenvalue weighted by atomic mass is 32.2. The highest BCUT2D eigenvalue weighted by Crippen LogP contribution is 2.24. The van der Waals surface area contributed by atoms with E-state index in [2.05, 4.69) is 29.1 Å². The van der Waals surface area contributed by atoms with Gasteiger partial charge in [0, 0.05) is 39.8 Å². The van der Waals surface area contributed by atoms with Crippen LogP contribution in [0.3, 0.4) is 0 Å². The van der Waals surface area contributed by atoms with Crippen LogP contribution in [-0.4, -0.2) is 56.8 Å². The number of sulfonamides is 1. The van der Waals surface area contributed by atoms with Crippen molar-refractivity contribution in [2.75, 3.05) is 33.2 Å². The maximum Gasteiger partial charge on any atom is 0.243 e. The molecule has 0 saturated carbocycles. The van der Waals surface area contributed by atoms with Gasteiger partial charge in [-0.3, -0.25) is 4.99 Å². The number of aliphatic imine (C=N–C) groups is 1. The average molecular weight is 407 g/mol. The lowest BCUT2D eigenvalue weighted by atomic mass is 9.97. The van der Waals surface area contributed by atoms with Crippen LogP contribution in [0, 0.1) is 11.8 Å². The average Bonchev–Trinajstić information content (AvgIpc) is 3.35. The third kappa shape index (κ3) is 5.06. The summed E-state index contributed by atoms with van der Waals surface area (Å²) in [6, 6.07) is 7.24. The molecule has 2 fully saturated rings. The molecule has 0 radical (unpaired) electrons. The molecule has 1 atom stereocenters. The first kappa shape index (κ1) is 21.1. The molecule has 6 nitrogen and oxygen atoms in total. The Labute approximate surface area is 170 Å². The van der Waals surface area contributed by atoms with Crippen LogP contribution in [0.4, 0.5) is 0 Å². The monoisotopic (exact) mass is 406 g/mol. The van der Waals surface area contributed by atoms with Crippen LogP contribution in [0.2, 0.25) is 0 Å². The largest absolute Gasteiger partial charge is 0.352 e. The van der Waals surface area contributed by atoms with Crippen molar-refractivity contribution in [1.29, 1.82) is 0 Å². The maximum atomic E-state index is 12.6.